The fraction of sp³-hybridized carbons (Fsp3) is 0.294. The van der Waals surface area contributed by atoms with Crippen LogP contribution in [0.3, 0.4) is 0 Å². The molecule has 1 unspecified atom stereocenters. The van der Waals surface area contributed by atoms with Crippen LogP contribution in [0, 0.1) is 33.5 Å². The van der Waals surface area contributed by atoms with Gasteiger partial charge in [-0.3, -0.25) is 0 Å². The molecular weight excluding hydrogens is 383 g/mol. The first kappa shape index (κ1) is 15.7. The molecule has 0 aliphatic carbocycles. The maximum absolute atomic E-state index is 13.3. The summed E-state index contributed by atoms with van der Waals surface area (Å²) in [7, 11) is 0. The Hall–Kier alpha value is -0.670. The van der Waals surface area contributed by atoms with E-state index in [-0.39, 0.29) is 10.6 Å². The monoisotopic (exact) mass is 398 g/mol. The first-order valence-corrected chi connectivity index (χ1v) is 8.20. The number of alkyl halides is 1. The Labute approximate surface area is 136 Å². The SMILES string of the molecule is Cc1cc(C)c(C)c(C(Br)c2ccc(F)cc2Br)c1C. The van der Waals surface area contributed by atoms with Crippen LogP contribution in [-0.2, 0) is 0 Å². The highest BCUT2D eigenvalue weighted by Gasteiger charge is 2.20. The van der Waals surface area contributed by atoms with Crippen molar-refractivity contribution < 1.29 is 4.39 Å². The second-order valence-electron chi connectivity index (χ2n) is 5.20. The van der Waals surface area contributed by atoms with E-state index in [0.29, 0.717) is 0 Å². The minimum Gasteiger partial charge on any atom is -0.207 e. The summed E-state index contributed by atoms with van der Waals surface area (Å²) in [4.78, 5) is 0.0519. The number of halogens is 3. The van der Waals surface area contributed by atoms with Crippen LogP contribution in [0.15, 0.2) is 28.7 Å². The van der Waals surface area contributed by atoms with Crippen LogP contribution in [0.5, 0.6) is 0 Å². The predicted molar refractivity (Wildman–Crippen MR) is 90.3 cm³/mol. The highest BCUT2D eigenvalue weighted by molar-refractivity contribution is 9.11. The molecule has 0 spiro atoms. The summed E-state index contributed by atoms with van der Waals surface area (Å²) in [6, 6.07) is 7.06. The molecule has 2 rings (SSSR count). The van der Waals surface area contributed by atoms with Crippen LogP contribution in [0.1, 0.15) is 38.2 Å². The molecular formula is C17H17Br2F. The molecule has 0 bridgehead atoms. The average Bonchev–Trinajstić information content (AvgIpc) is 2.36. The van der Waals surface area contributed by atoms with Crippen molar-refractivity contribution in [2.45, 2.75) is 32.5 Å². The Kier molecular flexibility index (Phi) is 4.70. The van der Waals surface area contributed by atoms with Gasteiger partial charge in [0.25, 0.3) is 0 Å². The first-order chi connectivity index (χ1) is 9.32. The Morgan fingerprint density at radius 1 is 0.950 bits per heavy atom. The van der Waals surface area contributed by atoms with Crippen molar-refractivity contribution in [1.82, 2.24) is 0 Å². The van der Waals surface area contributed by atoms with E-state index in [2.05, 4.69) is 65.6 Å². The van der Waals surface area contributed by atoms with Gasteiger partial charge in [0.15, 0.2) is 0 Å². The van der Waals surface area contributed by atoms with Crippen molar-refractivity contribution in [1.29, 1.82) is 0 Å². The zero-order chi connectivity index (χ0) is 15.0. The van der Waals surface area contributed by atoms with Crippen LogP contribution in [0.25, 0.3) is 0 Å². The number of benzene rings is 2. The minimum absolute atomic E-state index is 0.0519. The molecule has 2 aromatic rings. The molecule has 0 amide bonds. The fourth-order valence-corrected chi connectivity index (χ4v) is 4.46. The van der Waals surface area contributed by atoms with Crippen LogP contribution in [0.2, 0.25) is 0 Å². The molecule has 0 N–H and O–H groups in total. The highest BCUT2D eigenvalue weighted by atomic mass is 79.9. The average molecular weight is 400 g/mol. The van der Waals surface area contributed by atoms with E-state index < -0.39 is 0 Å². The third-order valence-corrected chi connectivity index (χ3v) is 5.55. The van der Waals surface area contributed by atoms with Crippen molar-refractivity contribution >= 4 is 31.9 Å². The number of rotatable bonds is 2. The van der Waals surface area contributed by atoms with Crippen molar-refractivity contribution in [2.75, 3.05) is 0 Å². The van der Waals surface area contributed by atoms with Gasteiger partial charge in [0.2, 0.25) is 0 Å². The van der Waals surface area contributed by atoms with Gasteiger partial charge >= 0.3 is 0 Å². The Bertz CT molecular complexity index is 636. The van der Waals surface area contributed by atoms with Gasteiger partial charge < -0.3 is 0 Å². The molecule has 0 aliphatic heterocycles. The molecule has 20 heavy (non-hydrogen) atoms. The summed E-state index contributed by atoms with van der Waals surface area (Å²) in [6.07, 6.45) is 0. The minimum atomic E-state index is -0.228. The van der Waals surface area contributed by atoms with E-state index in [1.54, 1.807) is 0 Å². The number of aryl methyl sites for hydroxylation is 2. The molecule has 2 aromatic carbocycles. The van der Waals surface area contributed by atoms with Crippen molar-refractivity contribution in [3.8, 4) is 0 Å². The van der Waals surface area contributed by atoms with Gasteiger partial charge in [-0.15, -0.1) is 0 Å². The zero-order valence-corrected chi connectivity index (χ0v) is 15.2. The Morgan fingerprint density at radius 3 is 2.00 bits per heavy atom. The largest absolute Gasteiger partial charge is 0.207 e. The number of hydrogen-bond acceptors (Lipinski definition) is 0. The van der Waals surface area contributed by atoms with E-state index in [1.165, 1.54) is 39.9 Å². The Morgan fingerprint density at radius 2 is 1.50 bits per heavy atom. The summed E-state index contributed by atoms with van der Waals surface area (Å²) in [5.41, 5.74) is 7.45. The molecule has 0 saturated heterocycles. The topological polar surface area (TPSA) is 0 Å². The van der Waals surface area contributed by atoms with Gasteiger partial charge in [0.1, 0.15) is 5.82 Å². The van der Waals surface area contributed by atoms with Crippen molar-refractivity contribution in [2.24, 2.45) is 0 Å². The molecule has 0 aliphatic rings. The van der Waals surface area contributed by atoms with Crippen LogP contribution in [0.4, 0.5) is 4.39 Å². The lowest BCUT2D eigenvalue weighted by atomic mass is 9.90. The molecule has 3 heteroatoms. The predicted octanol–water partition coefficient (Wildman–Crippen LogP) is 6.31. The van der Waals surface area contributed by atoms with Gasteiger partial charge in [-0.1, -0.05) is 44.0 Å². The molecule has 0 fully saturated rings. The van der Waals surface area contributed by atoms with E-state index in [9.17, 15) is 4.39 Å². The highest BCUT2D eigenvalue weighted by Crippen LogP contribution is 2.40. The van der Waals surface area contributed by atoms with Gasteiger partial charge in [0.05, 0.1) is 4.83 Å². The molecule has 106 valence electrons. The van der Waals surface area contributed by atoms with Gasteiger partial charge in [-0.05, 0) is 73.2 Å². The normalized spacial score (nSPS) is 12.6. The second-order valence-corrected chi connectivity index (χ2v) is 6.97. The summed E-state index contributed by atoms with van der Waals surface area (Å²) in [5.74, 6) is -0.228. The second kappa shape index (κ2) is 5.98. The van der Waals surface area contributed by atoms with Gasteiger partial charge in [-0.25, -0.2) is 4.39 Å². The van der Waals surface area contributed by atoms with E-state index in [4.69, 9.17) is 0 Å². The number of hydrogen-bond donors (Lipinski definition) is 0. The molecule has 0 radical (unpaired) electrons. The molecule has 1 atom stereocenters. The zero-order valence-electron chi connectivity index (χ0n) is 12.0. The summed E-state index contributed by atoms with van der Waals surface area (Å²) >= 11 is 7.25. The summed E-state index contributed by atoms with van der Waals surface area (Å²) in [6.45, 7) is 8.54. The first-order valence-electron chi connectivity index (χ1n) is 6.49. The maximum Gasteiger partial charge on any atom is 0.124 e. The molecule has 0 nitrogen and oxygen atoms in total. The summed E-state index contributed by atoms with van der Waals surface area (Å²) in [5, 5.41) is 0. The fourth-order valence-electron chi connectivity index (χ4n) is 2.49. The lowest BCUT2D eigenvalue weighted by Crippen LogP contribution is -2.04. The lowest BCUT2D eigenvalue weighted by molar-refractivity contribution is 0.626. The molecule has 0 heterocycles. The van der Waals surface area contributed by atoms with Crippen LogP contribution < -0.4 is 0 Å². The standard InChI is InChI=1S/C17H17Br2F/c1-9-7-10(2)12(4)16(11(9)3)17(19)14-6-5-13(20)8-15(14)18/h5-8,17H,1-4H3. The smallest absolute Gasteiger partial charge is 0.124 e. The van der Waals surface area contributed by atoms with E-state index in [0.717, 1.165) is 10.0 Å². The van der Waals surface area contributed by atoms with Crippen molar-refractivity contribution in [3.63, 3.8) is 0 Å². The maximum atomic E-state index is 13.3. The molecule has 0 saturated carbocycles. The van der Waals surface area contributed by atoms with Crippen LogP contribution >= 0.6 is 31.9 Å². The summed E-state index contributed by atoms with van der Waals surface area (Å²) < 4.78 is 14.0. The van der Waals surface area contributed by atoms with Crippen molar-refractivity contribution in [3.05, 3.63) is 67.9 Å². The van der Waals surface area contributed by atoms with Gasteiger partial charge in [0, 0.05) is 4.47 Å². The van der Waals surface area contributed by atoms with E-state index in [1.807, 2.05) is 6.07 Å². The van der Waals surface area contributed by atoms with E-state index >= 15 is 0 Å². The van der Waals surface area contributed by atoms with Crippen LogP contribution in [-0.4, -0.2) is 0 Å². The lowest BCUT2D eigenvalue weighted by Gasteiger charge is -2.21. The third kappa shape index (κ3) is 2.84. The third-order valence-electron chi connectivity index (χ3n) is 3.91. The van der Waals surface area contributed by atoms with Gasteiger partial charge in [-0.2, -0.15) is 0 Å². The Balaban J connectivity index is 2.62. The molecule has 0 aromatic heterocycles. The quantitative estimate of drug-likeness (QED) is 0.519.